The molecule has 4 aromatic heterocycles. The number of fused-ring (bicyclic) bond motifs is 9. The Labute approximate surface area is 585 Å². The van der Waals surface area contributed by atoms with Crippen molar-refractivity contribution in [1.29, 1.82) is 0 Å². The van der Waals surface area contributed by atoms with E-state index in [2.05, 4.69) is 84.6 Å². The van der Waals surface area contributed by atoms with Gasteiger partial charge in [-0.3, -0.25) is 0 Å². The zero-order valence-electron chi connectivity index (χ0n) is 62.0. The predicted octanol–water partition coefficient (Wildman–Crippen LogP) is 33.0. The molecular weight excluding hydrogens is 1200 g/mol. The summed E-state index contributed by atoms with van der Waals surface area (Å²) in [5, 5.41) is 0. The quantitative estimate of drug-likeness (QED) is 0.0398. The highest BCUT2D eigenvalue weighted by Crippen LogP contribution is 2.70. The molecule has 0 aromatic carbocycles. The highest BCUT2D eigenvalue weighted by atomic mass is 32.1. The fourth-order valence-corrected chi connectivity index (χ4v) is 22.4. The summed E-state index contributed by atoms with van der Waals surface area (Å²) < 4.78 is 41.4. The third kappa shape index (κ3) is 23.7. The molecule has 0 fully saturated rings. The Morgan fingerprint density at radius 1 is 0.315 bits per heavy atom. The minimum absolute atomic E-state index is 0.163. The Balaban J connectivity index is 1.43. The van der Waals surface area contributed by atoms with Crippen molar-refractivity contribution in [1.82, 2.24) is 0 Å². The Kier molecular flexibility index (Phi) is 39.3. The van der Waals surface area contributed by atoms with Crippen LogP contribution in [0.1, 0.15) is 460 Å². The van der Waals surface area contributed by atoms with Gasteiger partial charge < -0.3 is 4.90 Å². The topological polar surface area (TPSA) is 3.24 Å². The van der Waals surface area contributed by atoms with Crippen LogP contribution in [0.3, 0.4) is 0 Å². The van der Waals surface area contributed by atoms with E-state index in [0.29, 0.717) is 24.3 Å². The molecule has 4 aromatic rings. The second kappa shape index (κ2) is 45.4. The van der Waals surface area contributed by atoms with Crippen LogP contribution >= 0.6 is 45.3 Å². The van der Waals surface area contributed by atoms with Gasteiger partial charge in [0.1, 0.15) is 0 Å². The highest BCUT2D eigenvalue weighted by molar-refractivity contribution is 7.34. The van der Waals surface area contributed by atoms with Crippen molar-refractivity contribution in [2.45, 2.75) is 451 Å². The van der Waals surface area contributed by atoms with Gasteiger partial charge >= 0.3 is 0 Å². The van der Waals surface area contributed by atoms with Crippen LogP contribution in [0.15, 0.2) is 12.1 Å². The fraction of sp³-hybridized carbons (Fsp3) is 0.835. The molecule has 0 bridgehead atoms. The monoisotopic (exact) mass is 1350 g/mol. The largest absolute Gasteiger partial charge is 0.360 e. The molecule has 7 heteroatoms. The standard InChI is InChI=1S/C85H145F2NS4/c1-10-15-20-25-29-33-37-41-45-49-53-57-62-83(63-58-54-50-46-42-38-34-30-26-21-16-11-2)75-79(77-71(85(83,86)87)67-73(89-77)69(6)7)91-82-76-81(92-80(75)82)78-72(68-74(90-78)70(8)9)88(66-61-24-19-14-5)84(76,64-59-55-51-47-43-39-35-31-27-22-17-12-3)65-60-56-52-48-44-40-36-32-28-23-18-13-4/h67-70H,10-66H2,1-9H3. The molecule has 0 atom stereocenters. The minimum Gasteiger partial charge on any atom is -0.360 e. The number of halogens is 2. The molecular formula is C85H145F2NS4. The number of anilines is 1. The first kappa shape index (κ1) is 79.7. The van der Waals surface area contributed by atoms with Gasteiger partial charge in [0.15, 0.2) is 0 Å². The van der Waals surface area contributed by atoms with Gasteiger partial charge in [-0.2, -0.15) is 0 Å². The Hall–Kier alpha value is -1.28. The molecule has 0 N–H and O–H groups in total. The summed E-state index contributed by atoms with van der Waals surface area (Å²) in [7, 11) is 0. The third-order valence-electron chi connectivity index (χ3n) is 22.3. The van der Waals surface area contributed by atoms with Crippen LogP contribution in [-0.2, 0) is 16.9 Å². The Bertz CT molecular complexity index is 2440. The molecule has 0 spiro atoms. The Morgan fingerprint density at radius 3 is 0.946 bits per heavy atom. The van der Waals surface area contributed by atoms with Crippen LogP contribution in [0, 0.1) is 0 Å². The molecule has 1 aliphatic heterocycles. The zero-order chi connectivity index (χ0) is 65.7. The van der Waals surface area contributed by atoms with Gasteiger partial charge in [0.25, 0.3) is 5.92 Å². The summed E-state index contributed by atoms with van der Waals surface area (Å²) in [6.07, 6.45) is 71.5. The van der Waals surface area contributed by atoms with E-state index in [1.54, 1.807) is 16.9 Å². The maximum absolute atomic E-state index is 19.4. The minimum atomic E-state index is -2.95. The number of unbranched alkanes of at least 4 members (excludes halogenated alkanes) is 47. The van der Waals surface area contributed by atoms with Crippen LogP contribution in [0.5, 0.6) is 0 Å². The number of alkyl halides is 2. The lowest BCUT2D eigenvalue weighted by atomic mass is 9.63. The van der Waals surface area contributed by atoms with E-state index in [0.717, 1.165) is 47.5 Å². The van der Waals surface area contributed by atoms with E-state index in [9.17, 15) is 0 Å². The summed E-state index contributed by atoms with van der Waals surface area (Å²) >= 11 is 7.85. The molecule has 528 valence electrons. The van der Waals surface area contributed by atoms with Crippen LogP contribution in [-0.4, -0.2) is 6.54 Å². The lowest BCUT2D eigenvalue weighted by molar-refractivity contribution is -0.0968. The van der Waals surface area contributed by atoms with Crippen molar-refractivity contribution >= 4 is 60.4 Å². The molecule has 5 heterocycles. The van der Waals surface area contributed by atoms with Crippen LogP contribution < -0.4 is 4.90 Å². The van der Waals surface area contributed by atoms with Crippen molar-refractivity contribution in [2.24, 2.45) is 0 Å². The maximum Gasteiger partial charge on any atom is 0.284 e. The van der Waals surface area contributed by atoms with Crippen LogP contribution in [0.25, 0.3) is 28.9 Å². The average Bonchev–Trinajstić information content (AvgIpc) is 1.49. The molecule has 0 saturated carbocycles. The molecule has 6 rings (SSSR count). The Morgan fingerprint density at radius 2 is 0.598 bits per heavy atom. The van der Waals surface area contributed by atoms with Gasteiger partial charge in [0.05, 0.1) is 45.5 Å². The fourth-order valence-electron chi connectivity index (χ4n) is 16.5. The first-order valence-electron chi connectivity index (χ1n) is 41.0. The van der Waals surface area contributed by atoms with E-state index >= 15 is 8.78 Å². The van der Waals surface area contributed by atoms with Gasteiger partial charge in [-0.15, -0.1) is 45.3 Å². The van der Waals surface area contributed by atoms with Crippen molar-refractivity contribution in [2.75, 3.05) is 11.4 Å². The number of thiophene rings is 4. The molecule has 0 amide bonds. The van der Waals surface area contributed by atoms with Gasteiger partial charge in [0.2, 0.25) is 0 Å². The second-order valence-corrected chi connectivity index (χ2v) is 35.0. The van der Waals surface area contributed by atoms with Crippen molar-refractivity contribution < 1.29 is 8.78 Å². The van der Waals surface area contributed by atoms with Crippen LogP contribution in [0.2, 0.25) is 0 Å². The van der Waals surface area contributed by atoms with E-state index in [4.69, 9.17) is 0 Å². The molecule has 0 saturated heterocycles. The maximum atomic E-state index is 19.4. The number of hydrogen-bond donors (Lipinski definition) is 0. The number of nitrogens with zero attached hydrogens (tertiary/aromatic N) is 1. The van der Waals surface area contributed by atoms with E-state index in [-0.39, 0.29) is 11.5 Å². The molecule has 2 aliphatic rings. The second-order valence-electron chi connectivity index (χ2n) is 30.8. The molecule has 0 unspecified atom stereocenters. The highest BCUT2D eigenvalue weighted by Gasteiger charge is 2.62. The van der Waals surface area contributed by atoms with Crippen molar-refractivity contribution in [3.63, 3.8) is 0 Å². The zero-order valence-corrected chi connectivity index (χ0v) is 65.2. The molecule has 1 nitrogen and oxygen atoms in total. The van der Waals surface area contributed by atoms with E-state index < -0.39 is 11.3 Å². The van der Waals surface area contributed by atoms with Gasteiger partial charge in [-0.05, 0) is 56.1 Å². The smallest absolute Gasteiger partial charge is 0.284 e. The molecule has 0 radical (unpaired) electrons. The van der Waals surface area contributed by atoms with Crippen molar-refractivity contribution in [3.05, 3.63) is 38.6 Å². The first-order valence-corrected chi connectivity index (χ1v) is 44.3. The normalized spacial score (nSPS) is 14.8. The first-order chi connectivity index (χ1) is 45.0. The lowest BCUT2D eigenvalue weighted by Crippen LogP contribution is -2.49. The molecule has 1 aliphatic carbocycles. The summed E-state index contributed by atoms with van der Waals surface area (Å²) in [5.74, 6) is -2.29. The van der Waals surface area contributed by atoms with Gasteiger partial charge in [-0.25, -0.2) is 8.78 Å². The number of rotatable bonds is 59. The summed E-state index contributed by atoms with van der Waals surface area (Å²) in [6.45, 7) is 22.0. The number of hydrogen-bond acceptors (Lipinski definition) is 5. The third-order valence-corrected chi connectivity index (χ3v) is 28.0. The van der Waals surface area contributed by atoms with E-state index in [1.807, 2.05) is 28.7 Å². The molecule has 92 heavy (non-hydrogen) atoms. The van der Waals surface area contributed by atoms with Gasteiger partial charge in [-0.1, -0.05) is 390 Å². The predicted molar refractivity (Wildman–Crippen MR) is 416 cm³/mol. The SMILES string of the molecule is CCCCCCCCCCCCCCC1(CCCCCCCCCCCCCC)c2c(sc3c4c(sc23)-c2sc(C(C)C)cc2C(F)(F)C4(CCCCCCCCCCCCCC)CCCCCCCCCCCCCC)-c2sc(C(C)C)cc2N1CCCCCC. The van der Waals surface area contributed by atoms with E-state index in [1.165, 1.54) is 356 Å². The summed E-state index contributed by atoms with van der Waals surface area (Å²) in [5.41, 5.74) is 3.21. The van der Waals surface area contributed by atoms with Crippen molar-refractivity contribution in [3.8, 4) is 19.5 Å². The summed E-state index contributed by atoms with van der Waals surface area (Å²) in [4.78, 5) is 10.8. The summed E-state index contributed by atoms with van der Waals surface area (Å²) in [6, 6.07) is 4.69. The van der Waals surface area contributed by atoms with Gasteiger partial charge in [0, 0.05) is 33.0 Å². The lowest BCUT2D eigenvalue weighted by Gasteiger charge is -2.49. The average molecular weight is 1350 g/mol. The van der Waals surface area contributed by atoms with Crippen LogP contribution in [0.4, 0.5) is 14.5 Å².